The third kappa shape index (κ3) is 2.56. The van der Waals surface area contributed by atoms with Crippen LogP contribution in [-0.4, -0.2) is 24.1 Å². The molecule has 0 atom stereocenters. The van der Waals surface area contributed by atoms with E-state index in [1.807, 2.05) is 0 Å². The van der Waals surface area contributed by atoms with Gasteiger partial charge in [0.25, 0.3) is 6.43 Å². The molecule has 7 heteroatoms. The highest BCUT2D eigenvalue weighted by atomic mass is 19.4. The predicted octanol–water partition coefficient (Wildman–Crippen LogP) is 2.24. The van der Waals surface area contributed by atoms with Crippen molar-refractivity contribution in [1.29, 1.82) is 0 Å². The van der Waals surface area contributed by atoms with Crippen molar-refractivity contribution in [2.24, 2.45) is 5.92 Å². The first-order valence-corrected chi connectivity index (χ1v) is 3.94. The average molecular weight is 203 g/mol. The fraction of sp³-hybridized carbons (Fsp3) is 1.00. The molecular weight excluding hydrogens is 194 g/mol. The largest absolute Gasteiger partial charge is 0.478 e. The van der Waals surface area contributed by atoms with Crippen molar-refractivity contribution in [2.45, 2.75) is 31.2 Å². The monoisotopic (exact) mass is 203 g/mol. The Morgan fingerprint density at radius 3 is 2.08 bits per heavy atom. The van der Waals surface area contributed by atoms with Gasteiger partial charge in [0.2, 0.25) is 0 Å². The zero-order valence-corrected chi connectivity index (χ0v) is 6.69. The van der Waals surface area contributed by atoms with E-state index in [0.29, 0.717) is 0 Å². The third-order valence-electron chi connectivity index (χ3n) is 2.29. The quantitative estimate of drug-likeness (QED) is 0.550. The van der Waals surface area contributed by atoms with E-state index in [9.17, 15) is 21.7 Å². The maximum Gasteiger partial charge on any atom is 0.478 e. The lowest BCUT2D eigenvalue weighted by molar-refractivity contribution is -0.165. The van der Waals surface area contributed by atoms with Crippen LogP contribution in [0.15, 0.2) is 0 Å². The summed E-state index contributed by atoms with van der Waals surface area (Å²) in [4.78, 5) is 0. The summed E-state index contributed by atoms with van der Waals surface area (Å²) < 4.78 is 59.2. The summed E-state index contributed by atoms with van der Waals surface area (Å²) in [7, 11) is 0. The normalized spacial score (nSPS) is 34.8. The van der Waals surface area contributed by atoms with Gasteiger partial charge in [-0.1, -0.05) is 12.2 Å². The zero-order valence-electron chi connectivity index (χ0n) is 6.69. The summed E-state index contributed by atoms with van der Waals surface area (Å²) in [6, 6.07) is 0. The standard InChI is InChI=1S/C6H9BF5O/c8-5(9)6(13)1-4(2-6)3-7(10,11)12/h4-5,13H,1-3H2/q-1. The van der Waals surface area contributed by atoms with Gasteiger partial charge < -0.3 is 18.1 Å². The number of alkyl halides is 2. The lowest BCUT2D eigenvalue weighted by Crippen LogP contribution is -2.50. The van der Waals surface area contributed by atoms with E-state index in [-0.39, 0.29) is 0 Å². The Morgan fingerprint density at radius 2 is 1.77 bits per heavy atom. The fourth-order valence-electron chi connectivity index (χ4n) is 1.66. The SMILES string of the molecule is OC1(C(F)F)CC(C[B-](F)(F)F)C1. The summed E-state index contributed by atoms with van der Waals surface area (Å²) in [6.07, 6.45) is -4.84. The van der Waals surface area contributed by atoms with Crippen LogP contribution in [0, 0.1) is 5.92 Å². The molecule has 0 aromatic carbocycles. The minimum atomic E-state index is -4.92. The van der Waals surface area contributed by atoms with Gasteiger partial charge in [-0.05, 0) is 12.8 Å². The van der Waals surface area contributed by atoms with Gasteiger partial charge in [0, 0.05) is 0 Å². The van der Waals surface area contributed by atoms with Gasteiger partial charge in [0.05, 0.1) is 0 Å². The Bertz CT molecular complexity index is 186. The first-order chi connectivity index (χ1) is 5.73. The van der Waals surface area contributed by atoms with Crippen LogP contribution in [0.5, 0.6) is 0 Å². The Labute approximate surface area is 72.0 Å². The van der Waals surface area contributed by atoms with Crippen molar-refractivity contribution in [1.82, 2.24) is 0 Å². The molecule has 78 valence electrons. The lowest BCUT2D eigenvalue weighted by atomic mass is 9.62. The molecule has 0 aliphatic heterocycles. The Morgan fingerprint density at radius 1 is 1.31 bits per heavy atom. The second kappa shape index (κ2) is 3.11. The smallest absolute Gasteiger partial charge is 0.449 e. The van der Waals surface area contributed by atoms with Gasteiger partial charge in [0.15, 0.2) is 0 Å². The minimum Gasteiger partial charge on any atom is -0.449 e. The van der Waals surface area contributed by atoms with Crippen LogP contribution in [0.2, 0.25) is 6.32 Å². The van der Waals surface area contributed by atoms with E-state index in [4.69, 9.17) is 5.11 Å². The summed E-state index contributed by atoms with van der Waals surface area (Å²) >= 11 is 0. The maximum atomic E-state index is 11.9. The molecule has 0 aromatic rings. The highest BCUT2D eigenvalue weighted by molar-refractivity contribution is 6.58. The molecule has 0 amide bonds. The summed E-state index contributed by atoms with van der Waals surface area (Å²) in [6.45, 7) is -4.92. The maximum absolute atomic E-state index is 11.9. The summed E-state index contributed by atoms with van der Waals surface area (Å²) in [5, 5.41) is 8.94. The van der Waals surface area contributed by atoms with Gasteiger partial charge in [0.1, 0.15) is 5.60 Å². The molecule has 0 bridgehead atoms. The topological polar surface area (TPSA) is 20.2 Å². The molecular formula is C6H9BF5O-. The number of rotatable bonds is 3. The molecule has 1 aliphatic carbocycles. The number of hydrogen-bond donors (Lipinski definition) is 1. The molecule has 0 unspecified atom stereocenters. The number of halogens is 5. The van der Waals surface area contributed by atoms with Crippen molar-refractivity contribution in [3.63, 3.8) is 0 Å². The Balaban J connectivity index is 2.33. The van der Waals surface area contributed by atoms with Crippen LogP contribution in [0.1, 0.15) is 12.8 Å². The molecule has 1 nitrogen and oxygen atoms in total. The second-order valence-electron chi connectivity index (χ2n) is 3.62. The third-order valence-corrected chi connectivity index (χ3v) is 2.29. The van der Waals surface area contributed by atoms with Crippen molar-refractivity contribution in [2.75, 3.05) is 0 Å². The van der Waals surface area contributed by atoms with E-state index >= 15 is 0 Å². The van der Waals surface area contributed by atoms with Crippen molar-refractivity contribution in [3.05, 3.63) is 0 Å². The van der Waals surface area contributed by atoms with E-state index in [2.05, 4.69) is 0 Å². The molecule has 0 radical (unpaired) electrons. The number of aliphatic hydroxyl groups is 1. The molecule has 1 N–H and O–H groups in total. The molecule has 13 heavy (non-hydrogen) atoms. The van der Waals surface area contributed by atoms with Crippen LogP contribution < -0.4 is 0 Å². The van der Waals surface area contributed by atoms with Gasteiger partial charge in [-0.25, -0.2) is 8.78 Å². The number of hydrogen-bond acceptors (Lipinski definition) is 1. The molecule has 1 aliphatic rings. The van der Waals surface area contributed by atoms with E-state index in [1.54, 1.807) is 0 Å². The highest BCUT2D eigenvalue weighted by Crippen LogP contribution is 2.46. The average Bonchev–Trinajstić information content (AvgIpc) is 1.79. The molecule has 1 saturated carbocycles. The lowest BCUT2D eigenvalue weighted by Gasteiger charge is -2.44. The van der Waals surface area contributed by atoms with Crippen LogP contribution >= 0.6 is 0 Å². The molecule has 0 heterocycles. The Kier molecular flexibility index (Phi) is 2.57. The van der Waals surface area contributed by atoms with Gasteiger partial charge >= 0.3 is 6.98 Å². The van der Waals surface area contributed by atoms with Crippen LogP contribution in [0.3, 0.4) is 0 Å². The van der Waals surface area contributed by atoms with Gasteiger partial charge in [-0.2, -0.15) is 0 Å². The van der Waals surface area contributed by atoms with Gasteiger partial charge in [-0.15, -0.1) is 0 Å². The van der Waals surface area contributed by atoms with Crippen molar-refractivity contribution in [3.8, 4) is 0 Å². The second-order valence-corrected chi connectivity index (χ2v) is 3.62. The highest BCUT2D eigenvalue weighted by Gasteiger charge is 2.50. The molecule has 1 rings (SSSR count). The van der Waals surface area contributed by atoms with Crippen LogP contribution in [0.4, 0.5) is 21.7 Å². The zero-order chi connectivity index (χ0) is 10.3. The van der Waals surface area contributed by atoms with Crippen molar-refractivity contribution < 1.29 is 26.8 Å². The van der Waals surface area contributed by atoms with E-state index in [1.165, 1.54) is 0 Å². The summed E-state index contributed by atoms with van der Waals surface area (Å²) in [5.41, 5.74) is -2.16. The Hall–Kier alpha value is -0.325. The molecule has 1 fully saturated rings. The first-order valence-electron chi connectivity index (χ1n) is 3.94. The molecule has 0 saturated heterocycles. The van der Waals surface area contributed by atoms with Crippen LogP contribution in [-0.2, 0) is 0 Å². The first kappa shape index (κ1) is 10.8. The van der Waals surface area contributed by atoms with Gasteiger partial charge in [-0.3, -0.25) is 0 Å². The molecule has 0 spiro atoms. The predicted molar refractivity (Wildman–Crippen MR) is 37.6 cm³/mol. The van der Waals surface area contributed by atoms with Crippen LogP contribution in [0.25, 0.3) is 0 Å². The van der Waals surface area contributed by atoms with E-state index < -0.39 is 44.1 Å². The van der Waals surface area contributed by atoms with E-state index in [0.717, 1.165) is 0 Å². The molecule has 0 aromatic heterocycles. The summed E-state index contributed by atoms with van der Waals surface area (Å²) in [5.74, 6) is -0.820. The van der Waals surface area contributed by atoms with Crippen molar-refractivity contribution >= 4 is 6.98 Å². The fourth-order valence-corrected chi connectivity index (χ4v) is 1.66. The minimum absolute atomic E-state index is 0.439.